The van der Waals surface area contributed by atoms with Crippen molar-refractivity contribution in [2.45, 2.75) is 52.4 Å². The molecule has 4 aromatic heterocycles. The molecule has 0 saturated carbocycles. The second-order valence-electron chi connectivity index (χ2n) is 11.2. The van der Waals surface area contributed by atoms with Gasteiger partial charge in [-0.05, 0) is 52.8 Å². The van der Waals surface area contributed by atoms with Crippen LogP contribution < -0.4 is 15.0 Å². The molecule has 20 heteroatoms. The summed E-state index contributed by atoms with van der Waals surface area (Å²) in [6.45, 7) is 7.81. The summed E-state index contributed by atoms with van der Waals surface area (Å²) in [5.74, 6) is 2.28. The fourth-order valence-electron chi connectivity index (χ4n) is 4.42. The number of nitrogens with zero attached hydrogens (tertiary/aromatic N) is 9. The van der Waals surface area contributed by atoms with E-state index in [0.717, 1.165) is 16.7 Å². The molecule has 50 heavy (non-hydrogen) atoms. The monoisotopic (exact) mass is 778 g/mol. The molecule has 0 fully saturated rings. The average molecular weight is 781 g/mol. The minimum atomic E-state index is -0.255. The number of tetrazole rings is 2. The van der Waals surface area contributed by atoms with Crippen LogP contribution in [0.1, 0.15) is 73.4 Å². The lowest BCUT2D eigenvalue weighted by molar-refractivity contribution is 0.452. The minimum Gasteiger partial charge on any atom is -0.434 e. The molecule has 0 amide bonds. The van der Waals surface area contributed by atoms with E-state index >= 15 is 0 Å². The van der Waals surface area contributed by atoms with Gasteiger partial charge < -0.3 is 9.47 Å². The van der Waals surface area contributed by atoms with Gasteiger partial charge in [-0.3, -0.25) is 4.79 Å². The maximum absolute atomic E-state index is 11.7. The van der Waals surface area contributed by atoms with E-state index in [1.807, 2.05) is 27.7 Å². The highest BCUT2D eigenvalue weighted by atomic mass is 35.5. The number of benzene rings is 2. The van der Waals surface area contributed by atoms with Gasteiger partial charge in [0, 0.05) is 30.5 Å². The Morgan fingerprint density at radius 2 is 1.06 bits per heavy atom. The summed E-state index contributed by atoms with van der Waals surface area (Å²) >= 11 is 31.2. The Labute approximate surface area is 309 Å². The lowest BCUT2D eigenvalue weighted by Crippen LogP contribution is -2.15. The molecular formula is C30H27Cl5N12O3. The molecular weight excluding hydrogens is 754 g/mol. The Bertz CT molecular complexity index is 2080. The van der Waals surface area contributed by atoms with Crippen molar-refractivity contribution in [2.24, 2.45) is 0 Å². The third-order valence-corrected chi connectivity index (χ3v) is 8.26. The predicted octanol–water partition coefficient (Wildman–Crippen LogP) is 7.55. The van der Waals surface area contributed by atoms with Gasteiger partial charge in [0.2, 0.25) is 11.8 Å². The fraction of sp³-hybridized carbons (Fsp3) is 0.267. The molecule has 0 aliphatic rings. The first-order valence-electron chi connectivity index (χ1n) is 14.8. The van der Waals surface area contributed by atoms with Crippen LogP contribution in [0.3, 0.4) is 0 Å². The van der Waals surface area contributed by atoms with Crippen molar-refractivity contribution in [1.29, 1.82) is 0 Å². The third-order valence-electron chi connectivity index (χ3n) is 6.84. The van der Waals surface area contributed by atoms with E-state index < -0.39 is 0 Å². The molecule has 15 nitrogen and oxygen atoms in total. The number of rotatable bonds is 10. The highest BCUT2D eigenvalue weighted by Crippen LogP contribution is 2.39. The molecule has 0 unspecified atom stereocenters. The summed E-state index contributed by atoms with van der Waals surface area (Å²) in [5, 5.41) is 43.1. The SMILES string of the molecule is CC(C)c1cc(Oc2c(Cl)cc(Cc3nn[nH]n3)cc2Cl)n[nH]c1=O.CC(C)c1cc(Oc2c(Cl)cc(Cc3nn[nH]n3)cc2Cl)nnc1Cl. The van der Waals surface area contributed by atoms with Crippen LogP contribution in [0.2, 0.25) is 25.2 Å². The van der Waals surface area contributed by atoms with E-state index in [4.69, 9.17) is 67.5 Å². The zero-order chi connectivity index (χ0) is 35.9. The average Bonchev–Trinajstić information content (AvgIpc) is 3.77. The summed E-state index contributed by atoms with van der Waals surface area (Å²) in [7, 11) is 0. The molecule has 0 aliphatic carbocycles. The lowest BCUT2D eigenvalue weighted by Gasteiger charge is -2.12. The number of H-pyrrole nitrogens is 3. The van der Waals surface area contributed by atoms with E-state index in [1.165, 1.54) is 0 Å². The first-order valence-corrected chi connectivity index (χ1v) is 16.7. The molecule has 0 bridgehead atoms. The number of hydrogen-bond donors (Lipinski definition) is 3. The highest BCUT2D eigenvalue weighted by Gasteiger charge is 2.17. The zero-order valence-corrected chi connectivity index (χ0v) is 30.5. The molecule has 0 radical (unpaired) electrons. The Kier molecular flexibility index (Phi) is 12.2. The van der Waals surface area contributed by atoms with Crippen molar-refractivity contribution >= 4 is 58.0 Å². The molecule has 4 heterocycles. The normalized spacial score (nSPS) is 11.1. The molecule has 6 rings (SSSR count). The van der Waals surface area contributed by atoms with Crippen LogP contribution in [0.25, 0.3) is 0 Å². The molecule has 3 N–H and O–H groups in total. The molecule has 0 spiro atoms. The van der Waals surface area contributed by atoms with Gasteiger partial charge in [-0.2, -0.15) is 10.4 Å². The van der Waals surface area contributed by atoms with E-state index in [1.54, 1.807) is 36.4 Å². The molecule has 0 atom stereocenters. The van der Waals surface area contributed by atoms with E-state index in [2.05, 4.69) is 61.6 Å². The first kappa shape index (κ1) is 36.9. The van der Waals surface area contributed by atoms with Gasteiger partial charge in [-0.25, -0.2) is 5.10 Å². The zero-order valence-electron chi connectivity index (χ0n) is 26.7. The van der Waals surface area contributed by atoms with Gasteiger partial charge in [0.25, 0.3) is 5.56 Å². The van der Waals surface area contributed by atoms with Crippen LogP contribution in [-0.2, 0) is 12.8 Å². The maximum atomic E-state index is 11.7. The van der Waals surface area contributed by atoms with Crippen molar-refractivity contribution in [1.82, 2.24) is 61.6 Å². The van der Waals surface area contributed by atoms with E-state index in [0.29, 0.717) is 61.0 Å². The van der Waals surface area contributed by atoms with Crippen LogP contribution in [0.4, 0.5) is 0 Å². The Morgan fingerprint density at radius 1 is 0.600 bits per heavy atom. The fourth-order valence-corrected chi connectivity index (χ4v) is 5.95. The largest absolute Gasteiger partial charge is 0.434 e. The van der Waals surface area contributed by atoms with Gasteiger partial charge >= 0.3 is 0 Å². The number of nitrogens with one attached hydrogen (secondary N) is 3. The summed E-state index contributed by atoms with van der Waals surface area (Å²) in [6, 6.07) is 10.2. The number of halogens is 5. The second-order valence-corrected chi connectivity index (χ2v) is 13.2. The van der Waals surface area contributed by atoms with Crippen molar-refractivity contribution in [3.05, 3.63) is 106 Å². The van der Waals surface area contributed by atoms with Crippen LogP contribution in [0.5, 0.6) is 23.3 Å². The summed E-state index contributed by atoms with van der Waals surface area (Å²) in [5.41, 5.74) is 2.77. The lowest BCUT2D eigenvalue weighted by atomic mass is 10.1. The molecule has 6 aromatic rings. The standard InChI is InChI=1S/C15H13Cl3N6O.C15H14Cl2N6O2/c1-7(2)9-6-13(21-22-15(9)18)25-14-10(16)3-8(4-11(14)17)5-12-19-23-24-20-12;1-7(2)9-6-13(20-21-15(9)24)25-14-10(16)3-8(4-11(14)17)5-12-18-22-23-19-12/h3-4,6-7H,5H2,1-2H3,(H,19,20,23,24);3-4,6-7H,5H2,1-2H3,(H,21,24)(H,18,19,22,23). The number of ether oxygens (including phenoxy) is 2. The number of aromatic amines is 3. The molecule has 0 saturated heterocycles. The number of hydrogen-bond acceptors (Lipinski definition) is 12. The molecule has 2 aromatic carbocycles. The van der Waals surface area contributed by atoms with Crippen LogP contribution in [0, 0.1) is 0 Å². The third kappa shape index (κ3) is 9.43. The van der Waals surface area contributed by atoms with Crippen LogP contribution in [-0.4, -0.2) is 61.6 Å². The van der Waals surface area contributed by atoms with E-state index in [9.17, 15) is 4.79 Å². The van der Waals surface area contributed by atoms with Gasteiger partial charge in [-0.15, -0.1) is 35.7 Å². The molecule has 0 aliphatic heterocycles. The van der Waals surface area contributed by atoms with Gasteiger partial charge in [0.1, 0.15) is 0 Å². The summed E-state index contributed by atoms with van der Waals surface area (Å²) in [4.78, 5) is 11.7. The van der Waals surface area contributed by atoms with Gasteiger partial charge in [-0.1, -0.05) is 96.1 Å². The van der Waals surface area contributed by atoms with Crippen LogP contribution >= 0.6 is 58.0 Å². The first-order chi connectivity index (χ1) is 23.9. The van der Waals surface area contributed by atoms with Gasteiger partial charge in [0.15, 0.2) is 28.3 Å². The van der Waals surface area contributed by atoms with Gasteiger partial charge in [0.05, 0.1) is 20.1 Å². The highest BCUT2D eigenvalue weighted by molar-refractivity contribution is 6.38. The molecule has 260 valence electrons. The van der Waals surface area contributed by atoms with Crippen molar-refractivity contribution in [2.75, 3.05) is 0 Å². The van der Waals surface area contributed by atoms with Crippen molar-refractivity contribution < 1.29 is 9.47 Å². The van der Waals surface area contributed by atoms with Crippen LogP contribution in [0.15, 0.2) is 41.2 Å². The minimum absolute atomic E-state index is 0.0254. The Morgan fingerprint density at radius 3 is 1.50 bits per heavy atom. The Balaban J connectivity index is 0.000000194. The quantitative estimate of drug-likeness (QED) is 0.124. The van der Waals surface area contributed by atoms with E-state index in [-0.39, 0.29) is 34.9 Å². The van der Waals surface area contributed by atoms with Crippen molar-refractivity contribution in [3.63, 3.8) is 0 Å². The second kappa shape index (κ2) is 16.5. The number of aromatic nitrogens is 12. The predicted molar refractivity (Wildman–Crippen MR) is 187 cm³/mol. The summed E-state index contributed by atoms with van der Waals surface area (Å²) in [6.07, 6.45) is 0.860. The topological polar surface area (TPSA) is 199 Å². The smallest absolute Gasteiger partial charge is 0.267 e. The summed E-state index contributed by atoms with van der Waals surface area (Å²) < 4.78 is 11.4. The Hall–Kier alpha value is -4.41. The van der Waals surface area contributed by atoms with Crippen molar-refractivity contribution in [3.8, 4) is 23.3 Å². The maximum Gasteiger partial charge on any atom is 0.267 e.